The van der Waals surface area contributed by atoms with Gasteiger partial charge >= 0.3 is 6.09 Å². The van der Waals surface area contributed by atoms with Crippen LogP contribution in [-0.2, 0) is 4.74 Å². The van der Waals surface area contributed by atoms with Crippen LogP contribution in [0.4, 0.5) is 4.79 Å². The summed E-state index contributed by atoms with van der Waals surface area (Å²) in [6, 6.07) is 16.6. The van der Waals surface area contributed by atoms with Crippen molar-refractivity contribution in [2.24, 2.45) is 0 Å². The normalized spacial score (nSPS) is 16.7. The van der Waals surface area contributed by atoms with Gasteiger partial charge in [-0.1, -0.05) is 52.3 Å². The molecule has 6 heteroatoms. The third-order valence-corrected chi connectivity index (χ3v) is 5.68. The first-order valence-corrected chi connectivity index (χ1v) is 11.0. The Kier molecular flexibility index (Phi) is 5.69. The summed E-state index contributed by atoms with van der Waals surface area (Å²) < 4.78 is 6.64. The van der Waals surface area contributed by atoms with Crippen molar-refractivity contribution >= 4 is 22.0 Å². The minimum absolute atomic E-state index is 0.0735. The van der Waals surface area contributed by atoms with Crippen LogP contribution in [0.25, 0.3) is 22.4 Å². The Labute approximate surface area is 185 Å². The molecule has 1 atom stereocenters. The van der Waals surface area contributed by atoms with Crippen molar-refractivity contribution in [2.75, 3.05) is 6.54 Å². The minimum atomic E-state index is -0.505. The summed E-state index contributed by atoms with van der Waals surface area (Å²) in [5.41, 5.74) is 3.75. The van der Waals surface area contributed by atoms with Crippen molar-refractivity contribution in [3.63, 3.8) is 0 Å². The lowest BCUT2D eigenvalue weighted by atomic mass is 10.0. The van der Waals surface area contributed by atoms with Crippen LogP contribution in [0.5, 0.6) is 0 Å². The Hall–Kier alpha value is -2.60. The Balaban J connectivity index is 1.51. The molecule has 1 unspecified atom stereocenters. The first kappa shape index (κ1) is 20.7. The van der Waals surface area contributed by atoms with E-state index < -0.39 is 5.60 Å². The van der Waals surface area contributed by atoms with Crippen molar-refractivity contribution in [1.82, 2.24) is 14.9 Å². The van der Waals surface area contributed by atoms with Crippen molar-refractivity contribution in [3.8, 4) is 22.4 Å². The molecule has 1 saturated heterocycles. The predicted octanol–water partition coefficient (Wildman–Crippen LogP) is 6.58. The number of nitrogens with zero attached hydrogens (tertiary/aromatic N) is 2. The molecule has 1 aliphatic rings. The van der Waals surface area contributed by atoms with Gasteiger partial charge in [-0.15, -0.1) is 0 Å². The highest BCUT2D eigenvalue weighted by molar-refractivity contribution is 9.10. The number of nitrogens with one attached hydrogen (secondary N) is 1. The number of hydrogen-bond donors (Lipinski definition) is 1. The molecule has 2 heterocycles. The topological polar surface area (TPSA) is 58.2 Å². The summed E-state index contributed by atoms with van der Waals surface area (Å²) >= 11 is 3.47. The van der Waals surface area contributed by atoms with Gasteiger partial charge in [0.2, 0.25) is 0 Å². The first-order chi connectivity index (χ1) is 14.3. The Bertz CT molecular complexity index is 1020. The molecule has 156 valence electrons. The van der Waals surface area contributed by atoms with Crippen LogP contribution in [0.1, 0.15) is 45.5 Å². The van der Waals surface area contributed by atoms with Crippen LogP contribution < -0.4 is 0 Å². The SMILES string of the molecule is CC(C)(C)OC(=O)N1CCCC1c1nc(-c2ccc(-c3ccc(Br)cc3)cc2)c[nH]1. The number of imidazole rings is 1. The maximum absolute atomic E-state index is 12.6. The molecule has 30 heavy (non-hydrogen) atoms. The predicted molar refractivity (Wildman–Crippen MR) is 122 cm³/mol. The van der Waals surface area contributed by atoms with Gasteiger partial charge in [-0.3, -0.25) is 4.90 Å². The Morgan fingerprint density at radius 3 is 2.30 bits per heavy atom. The van der Waals surface area contributed by atoms with E-state index in [9.17, 15) is 4.79 Å². The molecule has 0 spiro atoms. The number of amides is 1. The molecule has 1 fully saturated rings. The van der Waals surface area contributed by atoms with Crippen LogP contribution >= 0.6 is 15.9 Å². The highest BCUT2D eigenvalue weighted by Crippen LogP contribution is 2.33. The lowest BCUT2D eigenvalue weighted by Gasteiger charge is -2.27. The first-order valence-electron chi connectivity index (χ1n) is 10.2. The van der Waals surface area contributed by atoms with E-state index in [2.05, 4.69) is 57.3 Å². The fourth-order valence-electron chi connectivity index (χ4n) is 3.72. The van der Waals surface area contributed by atoms with Crippen molar-refractivity contribution in [1.29, 1.82) is 0 Å². The van der Waals surface area contributed by atoms with Gasteiger partial charge in [-0.25, -0.2) is 9.78 Å². The van der Waals surface area contributed by atoms with Gasteiger partial charge in [0.25, 0.3) is 0 Å². The Morgan fingerprint density at radius 2 is 1.67 bits per heavy atom. The van der Waals surface area contributed by atoms with Gasteiger partial charge in [0.15, 0.2) is 0 Å². The number of ether oxygens (including phenoxy) is 1. The van der Waals surface area contributed by atoms with Crippen LogP contribution in [0.2, 0.25) is 0 Å². The van der Waals surface area contributed by atoms with E-state index in [-0.39, 0.29) is 12.1 Å². The van der Waals surface area contributed by atoms with E-state index in [1.165, 1.54) is 5.56 Å². The van der Waals surface area contributed by atoms with Gasteiger partial charge in [-0.05, 0) is 56.9 Å². The molecule has 0 bridgehead atoms. The lowest BCUT2D eigenvalue weighted by Crippen LogP contribution is -2.36. The summed E-state index contributed by atoms with van der Waals surface area (Å²) in [6.45, 7) is 6.36. The molecule has 5 nitrogen and oxygen atoms in total. The van der Waals surface area contributed by atoms with E-state index in [4.69, 9.17) is 9.72 Å². The highest BCUT2D eigenvalue weighted by atomic mass is 79.9. The van der Waals surface area contributed by atoms with Crippen molar-refractivity contribution < 1.29 is 9.53 Å². The Morgan fingerprint density at radius 1 is 1.07 bits per heavy atom. The van der Waals surface area contributed by atoms with Crippen LogP contribution in [-0.4, -0.2) is 33.1 Å². The zero-order valence-electron chi connectivity index (χ0n) is 17.5. The highest BCUT2D eigenvalue weighted by Gasteiger charge is 2.34. The smallest absolute Gasteiger partial charge is 0.410 e. The molecule has 4 rings (SSSR count). The number of benzene rings is 2. The number of likely N-dealkylation sites (tertiary alicyclic amines) is 1. The van der Waals surface area contributed by atoms with Gasteiger partial charge in [0.1, 0.15) is 11.4 Å². The molecule has 0 aliphatic carbocycles. The number of carbonyl (C=O) groups excluding carboxylic acids is 1. The summed E-state index contributed by atoms with van der Waals surface area (Å²) in [5, 5.41) is 0. The van der Waals surface area contributed by atoms with Crippen molar-refractivity contribution in [2.45, 2.75) is 45.3 Å². The van der Waals surface area contributed by atoms with Gasteiger partial charge in [-0.2, -0.15) is 0 Å². The van der Waals surface area contributed by atoms with Crippen LogP contribution in [0, 0.1) is 0 Å². The van der Waals surface area contributed by atoms with Crippen LogP contribution in [0.3, 0.4) is 0 Å². The number of aromatic amines is 1. The number of rotatable bonds is 3. The fourth-order valence-corrected chi connectivity index (χ4v) is 3.99. The van der Waals surface area contributed by atoms with E-state index in [0.29, 0.717) is 6.54 Å². The van der Waals surface area contributed by atoms with Crippen molar-refractivity contribution in [3.05, 3.63) is 65.0 Å². The molecule has 1 amide bonds. The molecular formula is C24H26BrN3O2. The maximum atomic E-state index is 12.6. The molecule has 0 saturated carbocycles. The second kappa shape index (κ2) is 8.26. The molecular weight excluding hydrogens is 442 g/mol. The van der Waals surface area contributed by atoms with E-state index in [1.54, 1.807) is 4.90 Å². The summed E-state index contributed by atoms with van der Waals surface area (Å²) in [7, 11) is 0. The molecule has 1 aromatic heterocycles. The van der Waals surface area contributed by atoms with Gasteiger partial charge in [0, 0.05) is 22.8 Å². The number of carbonyl (C=O) groups is 1. The second-order valence-electron chi connectivity index (χ2n) is 8.59. The van der Waals surface area contributed by atoms with E-state index in [0.717, 1.165) is 40.0 Å². The number of aromatic nitrogens is 2. The molecule has 0 radical (unpaired) electrons. The summed E-state index contributed by atoms with van der Waals surface area (Å²) in [5.74, 6) is 0.811. The van der Waals surface area contributed by atoms with E-state index in [1.807, 2.05) is 39.1 Å². The lowest BCUT2D eigenvalue weighted by molar-refractivity contribution is 0.0219. The molecule has 2 aromatic carbocycles. The van der Waals surface area contributed by atoms with Gasteiger partial charge in [0.05, 0.1) is 11.7 Å². The quantitative estimate of drug-likeness (QED) is 0.473. The summed E-state index contributed by atoms with van der Waals surface area (Å²) in [4.78, 5) is 22.4. The number of halogens is 1. The third-order valence-electron chi connectivity index (χ3n) is 5.15. The molecule has 1 N–H and O–H groups in total. The van der Waals surface area contributed by atoms with Gasteiger partial charge < -0.3 is 9.72 Å². The standard InChI is InChI=1S/C24H26BrN3O2/c1-24(2,3)30-23(29)28-14-4-5-21(28)22-26-15-20(27-22)18-8-6-16(7-9-18)17-10-12-19(25)13-11-17/h6-13,15,21H,4-5,14H2,1-3H3,(H,26,27). The zero-order valence-corrected chi connectivity index (χ0v) is 19.1. The second-order valence-corrected chi connectivity index (χ2v) is 9.50. The van der Waals surface area contributed by atoms with Crippen LogP contribution in [0.15, 0.2) is 59.2 Å². The largest absolute Gasteiger partial charge is 0.444 e. The molecule has 3 aromatic rings. The zero-order chi connectivity index (χ0) is 21.3. The monoisotopic (exact) mass is 467 g/mol. The molecule has 1 aliphatic heterocycles. The minimum Gasteiger partial charge on any atom is -0.444 e. The fraction of sp³-hybridized carbons (Fsp3) is 0.333. The average molecular weight is 468 g/mol. The number of H-pyrrole nitrogens is 1. The summed E-state index contributed by atoms with van der Waals surface area (Å²) in [6.07, 6.45) is 3.47. The maximum Gasteiger partial charge on any atom is 0.410 e. The average Bonchev–Trinajstić information content (AvgIpc) is 3.37. The number of hydrogen-bond acceptors (Lipinski definition) is 3. The third kappa shape index (κ3) is 4.59. The van der Waals surface area contributed by atoms with E-state index >= 15 is 0 Å².